The molecule has 94 valence electrons. The van der Waals surface area contributed by atoms with Gasteiger partial charge >= 0.3 is 0 Å². The lowest BCUT2D eigenvalue weighted by Crippen LogP contribution is -2.49. The Morgan fingerprint density at radius 3 is 2.44 bits per heavy atom. The molecule has 2 N–H and O–H groups in total. The van der Waals surface area contributed by atoms with Crippen molar-refractivity contribution in [3.63, 3.8) is 0 Å². The summed E-state index contributed by atoms with van der Waals surface area (Å²) in [7, 11) is -0.581. The molecule has 0 unspecified atom stereocenters. The SMILES string of the molecule is NCC1(CN2CCS(=O)CC2)CCOCC1. The van der Waals surface area contributed by atoms with Crippen LogP contribution in [-0.4, -0.2) is 60.0 Å². The average Bonchev–Trinajstić information content (AvgIpc) is 2.33. The molecule has 0 aliphatic carbocycles. The molecule has 2 saturated heterocycles. The van der Waals surface area contributed by atoms with Crippen LogP contribution < -0.4 is 5.73 Å². The highest BCUT2D eigenvalue weighted by Crippen LogP contribution is 2.30. The third kappa shape index (κ3) is 3.03. The summed E-state index contributed by atoms with van der Waals surface area (Å²) in [5.41, 5.74) is 6.19. The van der Waals surface area contributed by atoms with Crippen LogP contribution in [0.2, 0.25) is 0 Å². The van der Waals surface area contributed by atoms with Crippen LogP contribution in [0.15, 0.2) is 0 Å². The Morgan fingerprint density at radius 1 is 1.25 bits per heavy atom. The average molecular weight is 246 g/mol. The van der Waals surface area contributed by atoms with Crippen molar-refractivity contribution >= 4 is 10.8 Å². The van der Waals surface area contributed by atoms with Gasteiger partial charge in [0.15, 0.2) is 0 Å². The number of ether oxygens (including phenoxy) is 1. The van der Waals surface area contributed by atoms with E-state index >= 15 is 0 Å². The topological polar surface area (TPSA) is 55.6 Å². The summed E-state index contributed by atoms with van der Waals surface area (Å²) in [6.45, 7) is 5.43. The highest BCUT2D eigenvalue weighted by molar-refractivity contribution is 7.85. The molecule has 5 heteroatoms. The van der Waals surface area contributed by atoms with Crippen LogP contribution in [0.3, 0.4) is 0 Å². The van der Waals surface area contributed by atoms with Crippen LogP contribution in [-0.2, 0) is 15.5 Å². The Balaban J connectivity index is 1.88. The summed E-state index contributed by atoms with van der Waals surface area (Å²) in [4.78, 5) is 2.43. The zero-order valence-corrected chi connectivity index (χ0v) is 10.6. The van der Waals surface area contributed by atoms with E-state index in [4.69, 9.17) is 10.5 Å². The van der Waals surface area contributed by atoms with E-state index in [2.05, 4.69) is 4.90 Å². The molecule has 0 bridgehead atoms. The van der Waals surface area contributed by atoms with Gasteiger partial charge < -0.3 is 15.4 Å². The summed E-state index contributed by atoms with van der Waals surface area (Å²) in [6, 6.07) is 0. The maximum Gasteiger partial charge on any atom is 0.0472 e. The number of rotatable bonds is 3. The first kappa shape index (κ1) is 12.5. The molecule has 0 radical (unpaired) electrons. The van der Waals surface area contributed by atoms with Gasteiger partial charge in [0.1, 0.15) is 0 Å². The number of hydrogen-bond donors (Lipinski definition) is 1. The van der Waals surface area contributed by atoms with Gasteiger partial charge in [0.05, 0.1) is 0 Å². The zero-order valence-electron chi connectivity index (χ0n) is 9.82. The Kier molecular flexibility index (Phi) is 4.35. The molecule has 0 spiro atoms. The maximum absolute atomic E-state index is 11.3. The molecule has 2 aliphatic rings. The largest absolute Gasteiger partial charge is 0.381 e. The Bertz CT molecular complexity index is 244. The molecule has 0 amide bonds. The highest BCUT2D eigenvalue weighted by atomic mass is 32.2. The minimum absolute atomic E-state index is 0.247. The van der Waals surface area contributed by atoms with Crippen molar-refractivity contribution in [1.29, 1.82) is 0 Å². The fraction of sp³-hybridized carbons (Fsp3) is 1.00. The van der Waals surface area contributed by atoms with Crippen molar-refractivity contribution in [3.05, 3.63) is 0 Å². The van der Waals surface area contributed by atoms with Crippen LogP contribution in [0, 0.1) is 5.41 Å². The number of nitrogens with zero attached hydrogens (tertiary/aromatic N) is 1. The Morgan fingerprint density at radius 2 is 1.88 bits per heavy atom. The standard InChI is InChI=1S/C11H22N2O2S/c12-9-11(1-5-15-6-2-11)10-13-3-7-16(14)8-4-13/h1-10,12H2. The van der Waals surface area contributed by atoms with Crippen LogP contribution in [0.1, 0.15) is 12.8 Å². The van der Waals surface area contributed by atoms with E-state index < -0.39 is 10.8 Å². The minimum Gasteiger partial charge on any atom is -0.381 e. The van der Waals surface area contributed by atoms with Crippen molar-refractivity contribution < 1.29 is 8.95 Å². The van der Waals surface area contributed by atoms with Gasteiger partial charge in [0.25, 0.3) is 0 Å². The van der Waals surface area contributed by atoms with Gasteiger partial charge in [0.2, 0.25) is 0 Å². The van der Waals surface area contributed by atoms with Gasteiger partial charge in [-0.3, -0.25) is 4.21 Å². The monoisotopic (exact) mass is 246 g/mol. The van der Waals surface area contributed by atoms with Gasteiger partial charge in [-0.05, 0) is 24.8 Å². The fourth-order valence-corrected chi connectivity index (χ4v) is 3.67. The van der Waals surface area contributed by atoms with Gasteiger partial charge in [-0.2, -0.15) is 0 Å². The maximum atomic E-state index is 11.3. The van der Waals surface area contributed by atoms with Gasteiger partial charge in [-0.25, -0.2) is 0 Å². The lowest BCUT2D eigenvalue weighted by molar-refractivity contribution is 0.00125. The Hall–Kier alpha value is 0.0300. The molecule has 2 heterocycles. The summed E-state index contributed by atoms with van der Waals surface area (Å²) in [6.07, 6.45) is 2.15. The summed E-state index contributed by atoms with van der Waals surface area (Å²) < 4.78 is 16.7. The van der Waals surface area contributed by atoms with E-state index in [0.29, 0.717) is 0 Å². The van der Waals surface area contributed by atoms with Crippen LogP contribution in [0.5, 0.6) is 0 Å². The first-order valence-electron chi connectivity index (χ1n) is 6.09. The predicted molar refractivity (Wildman–Crippen MR) is 65.9 cm³/mol. The third-order valence-corrected chi connectivity index (χ3v) is 5.09. The van der Waals surface area contributed by atoms with Crippen LogP contribution in [0.4, 0.5) is 0 Å². The lowest BCUT2D eigenvalue weighted by Gasteiger charge is -2.41. The normalized spacial score (nSPS) is 28.1. The zero-order chi connectivity index (χ0) is 11.4. The van der Waals surface area contributed by atoms with Gasteiger partial charge in [-0.1, -0.05) is 0 Å². The van der Waals surface area contributed by atoms with E-state index in [-0.39, 0.29) is 5.41 Å². The van der Waals surface area contributed by atoms with Gasteiger partial charge in [0, 0.05) is 55.2 Å². The van der Waals surface area contributed by atoms with Crippen LogP contribution >= 0.6 is 0 Å². The van der Waals surface area contributed by atoms with E-state index in [1.165, 1.54) is 0 Å². The summed E-state index contributed by atoms with van der Waals surface area (Å²) in [5.74, 6) is 1.66. The fourth-order valence-electron chi connectivity index (χ4n) is 2.54. The second kappa shape index (κ2) is 5.58. The molecule has 0 atom stereocenters. The van der Waals surface area contributed by atoms with E-state index in [1.807, 2.05) is 0 Å². The first-order chi connectivity index (χ1) is 7.74. The molecule has 0 aromatic carbocycles. The highest BCUT2D eigenvalue weighted by Gasteiger charge is 2.33. The predicted octanol–water partition coefficient (Wildman–Crippen LogP) is -0.194. The number of hydrogen-bond acceptors (Lipinski definition) is 4. The summed E-state index contributed by atoms with van der Waals surface area (Å²) in [5, 5.41) is 0. The summed E-state index contributed by atoms with van der Waals surface area (Å²) >= 11 is 0. The third-order valence-electron chi connectivity index (χ3n) is 3.82. The van der Waals surface area contributed by atoms with Crippen molar-refractivity contribution in [2.45, 2.75) is 12.8 Å². The van der Waals surface area contributed by atoms with E-state index in [9.17, 15) is 4.21 Å². The molecule has 4 nitrogen and oxygen atoms in total. The van der Waals surface area contributed by atoms with Gasteiger partial charge in [-0.15, -0.1) is 0 Å². The molecule has 0 aromatic rings. The van der Waals surface area contributed by atoms with Crippen molar-refractivity contribution in [2.75, 3.05) is 50.9 Å². The van der Waals surface area contributed by atoms with Crippen LogP contribution in [0.25, 0.3) is 0 Å². The van der Waals surface area contributed by atoms with Crippen molar-refractivity contribution in [3.8, 4) is 0 Å². The molecule has 0 saturated carbocycles. The lowest BCUT2D eigenvalue weighted by atomic mass is 9.79. The van der Waals surface area contributed by atoms with E-state index in [0.717, 1.165) is 63.7 Å². The molecular formula is C11H22N2O2S. The minimum atomic E-state index is -0.581. The second-order valence-corrected chi connectivity index (χ2v) is 6.64. The quantitative estimate of drug-likeness (QED) is 0.750. The molecule has 2 fully saturated rings. The molecule has 2 rings (SSSR count). The molecule has 2 aliphatic heterocycles. The second-order valence-electron chi connectivity index (χ2n) is 4.94. The molecule has 0 aromatic heterocycles. The number of nitrogens with two attached hydrogens (primary N) is 1. The Labute approximate surface area is 100.0 Å². The molecule has 16 heavy (non-hydrogen) atoms. The smallest absolute Gasteiger partial charge is 0.0472 e. The van der Waals surface area contributed by atoms with E-state index in [1.54, 1.807) is 0 Å². The van der Waals surface area contributed by atoms with Crippen molar-refractivity contribution in [1.82, 2.24) is 4.90 Å². The van der Waals surface area contributed by atoms with Crippen molar-refractivity contribution in [2.24, 2.45) is 11.1 Å². The first-order valence-corrected chi connectivity index (χ1v) is 7.58. The molecular weight excluding hydrogens is 224 g/mol.